The van der Waals surface area contributed by atoms with Gasteiger partial charge in [0, 0.05) is 4.98 Å². The van der Waals surface area contributed by atoms with Crippen LogP contribution in [0.25, 0.3) is 0 Å². The van der Waals surface area contributed by atoms with Crippen LogP contribution in [0.3, 0.4) is 0 Å². The number of hydrogen-bond acceptors (Lipinski definition) is 8. The van der Waals surface area contributed by atoms with Crippen LogP contribution in [0.15, 0.2) is 36.7 Å². The summed E-state index contributed by atoms with van der Waals surface area (Å²) >= 11 is 0. The van der Waals surface area contributed by atoms with Gasteiger partial charge in [0.1, 0.15) is 35.6 Å². The second kappa shape index (κ2) is 7.45. The van der Waals surface area contributed by atoms with Crippen LogP contribution in [-0.4, -0.2) is 41.4 Å². The highest BCUT2D eigenvalue weighted by molar-refractivity contribution is 5.31. The average molecular weight is 440 g/mol. The summed E-state index contributed by atoms with van der Waals surface area (Å²) in [4.78, 5) is 14.0. The molecule has 0 saturated carbocycles. The van der Waals surface area contributed by atoms with E-state index in [9.17, 15) is 23.3 Å². The van der Waals surface area contributed by atoms with Gasteiger partial charge in [-0.25, -0.2) is 4.68 Å². The van der Waals surface area contributed by atoms with Gasteiger partial charge in [-0.15, -0.1) is 18.3 Å². The zero-order valence-electron chi connectivity index (χ0n) is 15.9. The highest BCUT2D eigenvalue weighted by Gasteiger charge is 2.41. The number of nitro groups is 1. The van der Waals surface area contributed by atoms with Crippen molar-refractivity contribution in [3.8, 4) is 17.5 Å². The molecule has 14 heteroatoms. The predicted molar refractivity (Wildman–Crippen MR) is 95.4 cm³/mol. The van der Waals surface area contributed by atoms with Gasteiger partial charge in [0.15, 0.2) is 0 Å². The summed E-state index contributed by atoms with van der Waals surface area (Å²) in [7, 11) is 0. The lowest BCUT2D eigenvalue weighted by Crippen LogP contribution is -2.36. The molecular weight excluding hydrogens is 425 g/mol. The summed E-state index contributed by atoms with van der Waals surface area (Å²) in [5.74, 6) is -0.293. The molecule has 0 fully saturated rings. The second-order valence-corrected chi connectivity index (χ2v) is 7.03. The number of nitrogens with zero attached hydrogens (tertiary/aromatic N) is 6. The van der Waals surface area contributed by atoms with Crippen molar-refractivity contribution in [3.63, 3.8) is 0 Å². The second-order valence-electron chi connectivity index (χ2n) is 7.03. The van der Waals surface area contributed by atoms with Gasteiger partial charge in [-0.05, 0) is 36.1 Å². The van der Waals surface area contributed by atoms with Gasteiger partial charge in [0.05, 0.1) is 19.3 Å². The van der Waals surface area contributed by atoms with Gasteiger partial charge < -0.3 is 24.3 Å². The molecule has 0 radical (unpaired) electrons. The number of halogens is 3. The Morgan fingerprint density at radius 3 is 2.61 bits per heavy atom. The Bertz CT molecular complexity index is 1070. The van der Waals surface area contributed by atoms with Crippen LogP contribution in [0.4, 0.5) is 19.0 Å². The molecule has 1 atom stereocenters. The van der Waals surface area contributed by atoms with Crippen molar-refractivity contribution < 1.29 is 32.3 Å². The smallest absolute Gasteiger partial charge is 0.487 e. The van der Waals surface area contributed by atoms with Crippen LogP contribution in [0.5, 0.6) is 17.5 Å². The van der Waals surface area contributed by atoms with E-state index >= 15 is 0 Å². The Hall–Kier alpha value is -3.84. The molecule has 0 aliphatic carbocycles. The molecule has 0 amide bonds. The Kier molecular flexibility index (Phi) is 4.91. The van der Waals surface area contributed by atoms with Gasteiger partial charge >= 0.3 is 18.2 Å². The van der Waals surface area contributed by atoms with Gasteiger partial charge in [0.2, 0.25) is 0 Å². The quantitative estimate of drug-likeness (QED) is 0.406. The lowest BCUT2D eigenvalue weighted by Gasteiger charge is -2.21. The first-order chi connectivity index (χ1) is 14.6. The molecule has 1 aliphatic rings. The number of alkyl halides is 3. The Morgan fingerprint density at radius 1 is 1.26 bits per heavy atom. The zero-order valence-corrected chi connectivity index (χ0v) is 15.9. The summed E-state index contributed by atoms with van der Waals surface area (Å²) in [6.07, 6.45) is -1.81. The van der Waals surface area contributed by atoms with Crippen molar-refractivity contribution >= 4 is 5.82 Å². The molecule has 0 bridgehead atoms. The first-order valence-electron chi connectivity index (χ1n) is 8.87. The van der Waals surface area contributed by atoms with Gasteiger partial charge in [0.25, 0.3) is 0 Å². The molecule has 1 aromatic carbocycles. The van der Waals surface area contributed by atoms with Crippen molar-refractivity contribution in [2.45, 2.75) is 38.6 Å². The van der Waals surface area contributed by atoms with Crippen LogP contribution >= 0.6 is 0 Å². The van der Waals surface area contributed by atoms with E-state index in [-0.39, 0.29) is 24.2 Å². The summed E-state index contributed by atoms with van der Waals surface area (Å²) < 4.78 is 54.7. The van der Waals surface area contributed by atoms with Crippen molar-refractivity contribution in [3.05, 3.63) is 52.5 Å². The third-order valence-corrected chi connectivity index (χ3v) is 4.28. The number of rotatable bonds is 7. The van der Waals surface area contributed by atoms with Crippen LogP contribution in [0, 0.1) is 10.1 Å². The third-order valence-electron chi connectivity index (χ3n) is 4.28. The molecule has 0 N–H and O–H groups in total. The van der Waals surface area contributed by atoms with Crippen molar-refractivity contribution in [2.24, 2.45) is 0 Å². The van der Waals surface area contributed by atoms with Crippen LogP contribution < -0.4 is 14.2 Å². The molecular formula is C17H15F3N6O5. The predicted octanol–water partition coefficient (Wildman–Crippen LogP) is 2.71. The highest BCUT2D eigenvalue weighted by atomic mass is 19.4. The van der Waals surface area contributed by atoms with E-state index in [4.69, 9.17) is 9.47 Å². The Balaban J connectivity index is 1.31. The van der Waals surface area contributed by atoms with Crippen molar-refractivity contribution in [1.29, 1.82) is 0 Å². The summed E-state index contributed by atoms with van der Waals surface area (Å²) in [5, 5.41) is 18.8. The molecule has 3 aromatic rings. The molecule has 11 nitrogen and oxygen atoms in total. The molecule has 4 rings (SSSR count). The highest BCUT2D eigenvalue weighted by Crippen LogP contribution is 2.32. The summed E-state index contributed by atoms with van der Waals surface area (Å²) in [6.45, 7) is 2.52. The van der Waals surface area contributed by atoms with E-state index in [0.29, 0.717) is 24.5 Å². The molecule has 2 aromatic heterocycles. The standard InChI is InChI=1S/C17H15F3N6O5/c1-16(9-24-7-14(26(27)28)21-15(24)31-16)10-25-6-11(22-23-25)8-29-12-2-4-13(5-3-12)30-17(18,19)20/h2-7H,8-10H2,1H3. The number of ether oxygens (including phenoxy) is 3. The topological polar surface area (TPSA) is 119 Å². The third kappa shape index (κ3) is 4.84. The first kappa shape index (κ1) is 20.4. The van der Waals surface area contributed by atoms with Gasteiger partial charge in [-0.2, -0.15) is 0 Å². The number of aromatic nitrogens is 5. The number of fused-ring (bicyclic) bond motifs is 1. The minimum Gasteiger partial charge on any atom is -0.487 e. The molecule has 0 saturated heterocycles. The van der Waals surface area contributed by atoms with Gasteiger partial charge in [-0.3, -0.25) is 4.57 Å². The molecule has 1 aliphatic heterocycles. The fourth-order valence-electron chi connectivity index (χ4n) is 3.08. The number of hydrogen-bond donors (Lipinski definition) is 0. The molecule has 164 valence electrons. The molecule has 31 heavy (non-hydrogen) atoms. The number of imidazole rings is 1. The monoisotopic (exact) mass is 440 g/mol. The minimum atomic E-state index is -4.76. The van der Waals surface area contributed by atoms with E-state index < -0.39 is 16.9 Å². The number of benzene rings is 1. The maximum Gasteiger partial charge on any atom is 0.573 e. The first-order valence-corrected chi connectivity index (χ1v) is 8.87. The molecule has 0 spiro atoms. The van der Waals surface area contributed by atoms with E-state index in [0.717, 1.165) is 12.1 Å². The van der Waals surface area contributed by atoms with E-state index in [1.807, 2.05) is 6.92 Å². The Labute approximate surface area is 172 Å². The lowest BCUT2D eigenvalue weighted by atomic mass is 10.1. The van der Waals surface area contributed by atoms with Crippen LogP contribution in [0.1, 0.15) is 12.6 Å². The largest absolute Gasteiger partial charge is 0.573 e. The minimum absolute atomic E-state index is 0.0464. The maximum absolute atomic E-state index is 12.2. The van der Waals surface area contributed by atoms with Crippen molar-refractivity contribution in [2.75, 3.05) is 0 Å². The van der Waals surface area contributed by atoms with Gasteiger partial charge in [-0.1, -0.05) is 5.21 Å². The van der Waals surface area contributed by atoms with E-state index in [1.165, 1.54) is 18.3 Å². The average Bonchev–Trinajstić information content (AvgIpc) is 3.33. The maximum atomic E-state index is 12.2. The fraction of sp³-hybridized carbons (Fsp3) is 0.353. The van der Waals surface area contributed by atoms with Crippen molar-refractivity contribution in [1.82, 2.24) is 24.5 Å². The van der Waals surface area contributed by atoms with E-state index in [1.54, 1.807) is 15.4 Å². The molecule has 1 unspecified atom stereocenters. The van der Waals surface area contributed by atoms with E-state index in [2.05, 4.69) is 20.0 Å². The SMILES string of the molecule is CC1(Cn2cc(COc3ccc(OC(F)(F)F)cc3)nn2)Cn2cc([N+](=O)[O-])nc2O1. The van der Waals surface area contributed by atoms with Crippen LogP contribution in [0.2, 0.25) is 0 Å². The fourth-order valence-corrected chi connectivity index (χ4v) is 3.08. The summed E-state index contributed by atoms with van der Waals surface area (Å²) in [6, 6.07) is 5.15. The normalized spacial score (nSPS) is 17.8. The van der Waals surface area contributed by atoms with Crippen LogP contribution in [-0.2, 0) is 19.7 Å². The zero-order chi connectivity index (χ0) is 22.2. The Morgan fingerprint density at radius 2 is 1.97 bits per heavy atom. The molecule has 3 heterocycles. The lowest BCUT2D eigenvalue weighted by molar-refractivity contribution is -0.389. The summed E-state index contributed by atoms with van der Waals surface area (Å²) in [5.41, 5.74) is -0.233.